The van der Waals surface area contributed by atoms with Crippen LogP contribution < -0.4 is 11.1 Å². The number of nitrogens with two attached hydrogens (primary N) is 1. The zero-order chi connectivity index (χ0) is 14.9. The summed E-state index contributed by atoms with van der Waals surface area (Å²) in [7, 11) is 0. The van der Waals surface area contributed by atoms with Gasteiger partial charge in [-0.3, -0.25) is 4.79 Å². The molecule has 0 unspecified atom stereocenters. The summed E-state index contributed by atoms with van der Waals surface area (Å²) in [5.74, 6) is -0.0383. The molecule has 0 rings (SSSR count). The molecule has 0 aliphatic carbocycles. The molecule has 0 radical (unpaired) electrons. The van der Waals surface area contributed by atoms with Gasteiger partial charge in [0.25, 0.3) is 0 Å². The number of hydrogen-bond acceptors (Lipinski definition) is 4. The third-order valence-corrected chi connectivity index (χ3v) is 3.30. The summed E-state index contributed by atoms with van der Waals surface area (Å²) in [5, 5.41) is 3.32. The van der Waals surface area contributed by atoms with Crippen molar-refractivity contribution in [1.29, 1.82) is 0 Å². The van der Waals surface area contributed by atoms with E-state index in [4.69, 9.17) is 10.5 Å². The quantitative estimate of drug-likeness (QED) is 0.359. The van der Waals surface area contributed by atoms with Crippen molar-refractivity contribution in [1.82, 2.24) is 5.32 Å². The molecule has 4 heteroatoms. The van der Waals surface area contributed by atoms with Crippen LogP contribution in [0, 0.1) is 0 Å². The highest BCUT2D eigenvalue weighted by Crippen LogP contribution is 2.07. The van der Waals surface area contributed by atoms with Crippen LogP contribution in [0.25, 0.3) is 0 Å². The van der Waals surface area contributed by atoms with Gasteiger partial charge in [0.1, 0.15) is 0 Å². The summed E-state index contributed by atoms with van der Waals surface area (Å²) in [6, 6.07) is 0. The molecule has 0 bridgehead atoms. The van der Waals surface area contributed by atoms with Crippen LogP contribution >= 0.6 is 0 Å². The zero-order valence-electron chi connectivity index (χ0n) is 13.3. The van der Waals surface area contributed by atoms with Gasteiger partial charge in [-0.15, -0.1) is 0 Å². The maximum absolute atomic E-state index is 11.4. The zero-order valence-corrected chi connectivity index (χ0v) is 13.3. The van der Waals surface area contributed by atoms with Gasteiger partial charge in [-0.2, -0.15) is 0 Å². The average molecular weight is 286 g/mol. The Balaban J connectivity index is 3.12. The van der Waals surface area contributed by atoms with Gasteiger partial charge in [-0.25, -0.2) is 0 Å². The van der Waals surface area contributed by atoms with Crippen LogP contribution in [0.1, 0.15) is 71.1 Å². The van der Waals surface area contributed by atoms with E-state index in [0.717, 1.165) is 51.7 Å². The van der Waals surface area contributed by atoms with Crippen molar-refractivity contribution in [2.75, 3.05) is 26.2 Å². The van der Waals surface area contributed by atoms with Crippen LogP contribution in [0.15, 0.2) is 0 Å². The molecule has 0 aromatic heterocycles. The Hall–Kier alpha value is -0.610. The summed E-state index contributed by atoms with van der Waals surface area (Å²) in [6.45, 7) is 5.43. The van der Waals surface area contributed by atoms with E-state index >= 15 is 0 Å². The molecule has 0 spiro atoms. The van der Waals surface area contributed by atoms with Gasteiger partial charge < -0.3 is 15.8 Å². The molecule has 0 aliphatic rings. The first-order valence-electron chi connectivity index (χ1n) is 8.37. The predicted octanol–water partition coefficient (Wildman–Crippen LogP) is 3.00. The van der Waals surface area contributed by atoms with Crippen LogP contribution in [-0.4, -0.2) is 32.2 Å². The lowest BCUT2D eigenvalue weighted by Gasteiger charge is -2.06. The Kier molecular flexibility index (Phi) is 15.9. The van der Waals surface area contributed by atoms with Crippen LogP contribution in [0.5, 0.6) is 0 Å². The maximum Gasteiger partial charge on any atom is 0.305 e. The number of carbonyl (C=O) groups excluding carboxylic acids is 1. The van der Waals surface area contributed by atoms with Gasteiger partial charge >= 0.3 is 5.97 Å². The first-order valence-corrected chi connectivity index (χ1v) is 8.37. The Morgan fingerprint density at radius 3 is 2.40 bits per heavy atom. The third kappa shape index (κ3) is 15.4. The van der Waals surface area contributed by atoms with E-state index in [2.05, 4.69) is 12.2 Å². The summed E-state index contributed by atoms with van der Waals surface area (Å²) in [4.78, 5) is 11.4. The molecule has 0 aliphatic heterocycles. The summed E-state index contributed by atoms with van der Waals surface area (Å²) < 4.78 is 5.20. The van der Waals surface area contributed by atoms with Crippen molar-refractivity contribution in [2.24, 2.45) is 5.73 Å². The molecule has 0 heterocycles. The molecule has 4 nitrogen and oxygen atoms in total. The summed E-state index contributed by atoms with van der Waals surface area (Å²) in [6.07, 6.45) is 10.9. The lowest BCUT2D eigenvalue weighted by Crippen LogP contribution is -2.19. The van der Waals surface area contributed by atoms with Crippen molar-refractivity contribution in [2.45, 2.75) is 71.1 Å². The van der Waals surface area contributed by atoms with Gasteiger partial charge in [0.15, 0.2) is 0 Å². The second-order valence-electron chi connectivity index (χ2n) is 5.34. The van der Waals surface area contributed by atoms with Crippen LogP contribution in [0.3, 0.4) is 0 Å². The van der Waals surface area contributed by atoms with Crippen molar-refractivity contribution < 1.29 is 9.53 Å². The summed E-state index contributed by atoms with van der Waals surface area (Å²) >= 11 is 0. The molecule has 0 aromatic rings. The monoisotopic (exact) mass is 286 g/mol. The largest absolute Gasteiger partial charge is 0.466 e. The lowest BCUT2D eigenvalue weighted by atomic mass is 10.1. The van der Waals surface area contributed by atoms with Crippen molar-refractivity contribution in [3.05, 3.63) is 0 Å². The summed E-state index contributed by atoms with van der Waals surface area (Å²) in [5.41, 5.74) is 5.41. The number of nitrogens with one attached hydrogen (secondary N) is 1. The molecular formula is C16H34N2O2. The number of esters is 1. The minimum Gasteiger partial charge on any atom is -0.466 e. The fourth-order valence-corrected chi connectivity index (χ4v) is 2.02. The molecule has 0 saturated heterocycles. The molecule has 0 saturated carbocycles. The Morgan fingerprint density at radius 1 is 0.950 bits per heavy atom. The third-order valence-electron chi connectivity index (χ3n) is 3.30. The highest BCUT2D eigenvalue weighted by atomic mass is 16.5. The van der Waals surface area contributed by atoms with E-state index < -0.39 is 0 Å². The molecule has 20 heavy (non-hydrogen) atoms. The van der Waals surface area contributed by atoms with E-state index in [-0.39, 0.29) is 5.97 Å². The highest BCUT2D eigenvalue weighted by molar-refractivity contribution is 5.69. The van der Waals surface area contributed by atoms with Crippen molar-refractivity contribution >= 4 is 5.97 Å². The molecule has 0 atom stereocenters. The van der Waals surface area contributed by atoms with Crippen molar-refractivity contribution in [3.63, 3.8) is 0 Å². The first-order chi connectivity index (χ1) is 9.81. The standard InChI is InChI=1S/C16H34N2O2/c1-2-3-4-5-6-7-11-16(19)20-15-10-14-18-13-9-8-12-17/h18H,2-15,17H2,1H3. The first kappa shape index (κ1) is 19.4. The Bertz CT molecular complexity index is 211. The van der Waals surface area contributed by atoms with E-state index in [0.29, 0.717) is 13.0 Å². The van der Waals surface area contributed by atoms with Crippen LogP contribution in [-0.2, 0) is 9.53 Å². The number of hydrogen-bond donors (Lipinski definition) is 2. The van der Waals surface area contributed by atoms with Crippen LogP contribution in [0.2, 0.25) is 0 Å². The SMILES string of the molecule is CCCCCCCCC(=O)OCCCNCCCCN. The van der Waals surface area contributed by atoms with E-state index in [1.54, 1.807) is 0 Å². The number of carbonyl (C=O) groups is 1. The number of ether oxygens (including phenoxy) is 1. The van der Waals surface area contributed by atoms with Crippen LogP contribution in [0.4, 0.5) is 0 Å². The Labute approximate surface area is 124 Å². The maximum atomic E-state index is 11.4. The highest BCUT2D eigenvalue weighted by Gasteiger charge is 2.02. The minimum absolute atomic E-state index is 0.0383. The molecule has 3 N–H and O–H groups in total. The predicted molar refractivity (Wildman–Crippen MR) is 84.7 cm³/mol. The normalized spacial score (nSPS) is 10.7. The van der Waals surface area contributed by atoms with Gasteiger partial charge in [-0.05, 0) is 45.3 Å². The Morgan fingerprint density at radius 2 is 1.65 bits per heavy atom. The topological polar surface area (TPSA) is 64.3 Å². The smallest absolute Gasteiger partial charge is 0.305 e. The van der Waals surface area contributed by atoms with Crippen molar-refractivity contribution in [3.8, 4) is 0 Å². The fourth-order valence-electron chi connectivity index (χ4n) is 2.02. The number of unbranched alkanes of at least 4 members (excludes halogenated alkanes) is 6. The fraction of sp³-hybridized carbons (Fsp3) is 0.938. The van der Waals surface area contributed by atoms with Gasteiger partial charge in [0.2, 0.25) is 0 Å². The number of rotatable bonds is 15. The van der Waals surface area contributed by atoms with E-state index in [9.17, 15) is 4.79 Å². The molecule has 0 fully saturated rings. The van der Waals surface area contributed by atoms with Gasteiger partial charge in [0, 0.05) is 6.42 Å². The van der Waals surface area contributed by atoms with Gasteiger partial charge in [0.05, 0.1) is 6.61 Å². The molecule has 120 valence electrons. The second kappa shape index (κ2) is 16.4. The second-order valence-corrected chi connectivity index (χ2v) is 5.34. The van der Waals surface area contributed by atoms with Gasteiger partial charge in [-0.1, -0.05) is 39.0 Å². The van der Waals surface area contributed by atoms with E-state index in [1.165, 1.54) is 25.7 Å². The minimum atomic E-state index is -0.0383. The molecule has 0 amide bonds. The average Bonchev–Trinajstić information content (AvgIpc) is 2.45. The van der Waals surface area contributed by atoms with E-state index in [1.807, 2.05) is 0 Å². The lowest BCUT2D eigenvalue weighted by molar-refractivity contribution is -0.143. The molecular weight excluding hydrogens is 252 g/mol. The molecule has 0 aromatic carbocycles.